The Morgan fingerprint density at radius 2 is 1.44 bits per heavy atom. The summed E-state index contributed by atoms with van der Waals surface area (Å²) >= 11 is 0. The van der Waals surface area contributed by atoms with Gasteiger partial charge in [-0.15, -0.1) is 0 Å². The zero-order chi connectivity index (χ0) is 19.1. The highest BCUT2D eigenvalue weighted by atomic mass is 16.5. The number of rotatable bonds is 7. The van der Waals surface area contributed by atoms with Crippen molar-refractivity contribution in [1.29, 1.82) is 0 Å². The van der Waals surface area contributed by atoms with Gasteiger partial charge in [-0.25, -0.2) is 4.98 Å². The number of aromatic nitrogens is 1. The summed E-state index contributed by atoms with van der Waals surface area (Å²) in [6, 6.07) is 19.5. The molecule has 27 heavy (non-hydrogen) atoms. The average molecular weight is 361 g/mol. The van der Waals surface area contributed by atoms with Gasteiger partial charge in [0.2, 0.25) is 5.78 Å². The Morgan fingerprint density at radius 3 is 1.96 bits per heavy atom. The van der Waals surface area contributed by atoms with Crippen LogP contribution in [0.1, 0.15) is 15.9 Å². The molecule has 0 saturated heterocycles. The third-order valence-corrected chi connectivity index (χ3v) is 3.88. The van der Waals surface area contributed by atoms with E-state index in [1.165, 1.54) is 0 Å². The Balaban J connectivity index is 1.95. The van der Waals surface area contributed by atoms with Crippen LogP contribution in [0.3, 0.4) is 0 Å². The molecular weight excluding hydrogens is 342 g/mol. The van der Waals surface area contributed by atoms with E-state index < -0.39 is 0 Å². The molecule has 0 atom stereocenters. The molecule has 0 unspecified atom stereocenters. The van der Waals surface area contributed by atoms with E-state index in [4.69, 9.17) is 9.47 Å². The second-order valence-corrected chi connectivity index (χ2v) is 5.57. The van der Waals surface area contributed by atoms with Gasteiger partial charge in [0, 0.05) is 17.3 Å². The smallest absolute Gasteiger partial charge is 0.213 e. The second kappa shape index (κ2) is 8.62. The molecule has 3 aromatic rings. The van der Waals surface area contributed by atoms with Crippen molar-refractivity contribution in [2.75, 3.05) is 19.6 Å². The van der Waals surface area contributed by atoms with Crippen LogP contribution >= 0.6 is 0 Å². The van der Waals surface area contributed by atoms with Gasteiger partial charge < -0.3 is 9.47 Å². The maximum atomic E-state index is 13.1. The van der Waals surface area contributed by atoms with E-state index in [-0.39, 0.29) is 11.5 Å². The lowest BCUT2D eigenvalue weighted by Crippen LogP contribution is -2.18. The first-order chi connectivity index (χ1) is 13.2. The molecule has 3 rings (SSSR count). The first-order valence-corrected chi connectivity index (χ1v) is 8.29. The Morgan fingerprint density at radius 1 is 0.852 bits per heavy atom. The predicted octanol–water partition coefficient (Wildman–Crippen LogP) is 3.80. The normalized spacial score (nSPS) is 11.0. The van der Waals surface area contributed by atoms with Crippen LogP contribution in [0.5, 0.6) is 11.5 Å². The lowest BCUT2D eigenvalue weighted by Gasteiger charge is -2.09. The molecule has 6 nitrogen and oxygen atoms in total. The SMILES string of the molecule is COc1ccc(C(=O)C(=NNc2ccccn2)c2ccc(OC)cc2)cc1. The molecule has 1 N–H and O–H groups in total. The number of nitrogens with one attached hydrogen (secondary N) is 1. The van der Waals surface area contributed by atoms with E-state index in [1.54, 1.807) is 75.0 Å². The van der Waals surface area contributed by atoms with Crippen molar-refractivity contribution in [3.05, 3.63) is 84.1 Å². The minimum absolute atomic E-state index is 0.216. The molecule has 0 aliphatic rings. The van der Waals surface area contributed by atoms with Crippen molar-refractivity contribution in [3.8, 4) is 11.5 Å². The first-order valence-electron chi connectivity index (χ1n) is 8.29. The summed E-state index contributed by atoms with van der Waals surface area (Å²) in [6.07, 6.45) is 1.65. The van der Waals surface area contributed by atoms with Gasteiger partial charge in [0.15, 0.2) is 0 Å². The lowest BCUT2D eigenvalue weighted by molar-refractivity contribution is 0.106. The van der Waals surface area contributed by atoms with Crippen molar-refractivity contribution < 1.29 is 14.3 Å². The number of Topliss-reactive ketones (excluding diaryl/α,β-unsaturated/α-hetero) is 1. The number of pyridine rings is 1. The third-order valence-electron chi connectivity index (χ3n) is 3.88. The molecule has 0 fully saturated rings. The van der Waals surface area contributed by atoms with Crippen LogP contribution in [0, 0.1) is 0 Å². The summed E-state index contributed by atoms with van der Waals surface area (Å²) < 4.78 is 10.3. The van der Waals surface area contributed by atoms with Crippen molar-refractivity contribution >= 4 is 17.3 Å². The molecule has 6 heteroatoms. The van der Waals surface area contributed by atoms with E-state index in [2.05, 4.69) is 15.5 Å². The van der Waals surface area contributed by atoms with Gasteiger partial charge in [-0.3, -0.25) is 10.2 Å². The van der Waals surface area contributed by atoms with Crippen LogP contribution in [0.4, 0.5) is 5.82 Å². The molecule has 0 aliphatic carbocycles. The number of anilines is 1. The summed E-state index contributed by atoms with van der Waals surface area (Å²) in [7, 11) is 3.17. The summed E-state index contributed by atoms with van der Waals surface area (Å²) in [5, 5.41) is 4.32. The van der Waals surface area contributed by atoms with E-state index in [1.807, 2.05) is 12.1 Å². The number of ether oxygens (including phenoxy) is 2. The monoisotopic (exact) mass is 361 g/mol. The zero-order valence-corrected chi connectivity index (χ0v) is 15.0. The van der Waals surface area contributed by atoms with Gasteiger partial charge >= 0.3 is 0 Å². The van der Waals surface area contributed by atoms with Gasteiger partial charge in [0.1, 0.15) is 23.0 Å². The minimum atomic E-state index is -0.216. The Labute approximate surface area is 157 Å². The Hall–Kier alpha value is -3.67. The Bertz CT molecular complexity index is 921. The predicted molar refractivity (Wildman–Crippen MR) is 105 cm³/mol. The van der Waals surface area contributed by atoms with Crippen LogP contribution in [-0.4, -0.2) is 30.7 Å². The largest absolute Gasteiger partial charge is 0.497 e. The number of hydrogen-bond donors (Lipinski definition) is 1. The number of benzene rings is 2. The summed E-state index contributed by atoms with van der Waals surface area (Å²) in [4.78, 5) is 17.2. The van der Waals surface area contributed by atoms with Crippen molar-refractivity contribution in [1.82, 2.24) is 4.98 Å². The fourth-order valence-electron chi connectivity index (χ4n) is 2.42. The van der Waals surface area contributed by atoms with E-state index in [0.29, 0.717) is 28.4 Å². The van der Waals surface area contributed by atoms with Crippen molar-refractivity contribution in [2.24, 2.45) is 5.10 Å². The maximum Gasteiger partial charge on any atom is 0.213 e. The topological polar surface area (TPSA) is 72.8 Å². The highest BCUT2D eigenvalue weighted by Crippen LogP contribution is 2.17. The zero-order valence-electron chi connectivity index (χ0n) is 15.0. The van der Waals surface area contributed by atoms with E-state index in [9.17, 15) is 4.79 Å². The van der Waals surface area contributed by atoms with Gasteiger partial charge in [0.05, 0.1) is 14.2 Å². The van der Waals surface area contributed by atoms with Gasteiger partial charge in [-0.2, -0.15) is 5.10 Å². The summed E-state index contributed by atoms with van der Waals surface area (Å²) in [5.74, 6) is 1.71. The number of methoxy groups -OCH3 is 2. The van der Waals surface area contributed by atoms with Crippen molar-refractivity contribution in [2.45, 2.75) is 0 Å². The summed E-state index contributed by atoms with van der Waals surface area (Å²) in [5.41, 5.74) is 4.29. The number of carbonyl (C=O) groups excluding carboxylic acids is 1. The molecule has 0 amide bonds. The van der Waals surface area contributed by atoms with E-state index in [0.717, 1.165) is 0 Å². The summed E-state index contributed by atoms with van der Waals surface area (Å²) in [6.45, 7) is 0. The van der Waals surface area contributed by atoms with Crippen LogP contribution in [0.15, 0.2) is 78.0 Å². The number of nitrogens with zero attached hydrogens (tertiary/aromatic N) is 2. The molecule has 0 bridgehead atoms. The quantitative estimate of drug-likeness (QED) is 0.394. The standard InChI is InChI=1S/C21H19N3O3/c1-26-17-10-6-15(7-11-17)20(24-23-19-5-3-4-14-22-19)21(25)16-8-12-18(27-2)13-9-16/h3-14H,1-2H3,(H,22,23). The number of carbonyl (C=O) groups is 1. The molecule has 1 aromatic heterocycles. The fourth-order valence-corrected chi connectivity index (χ4v) is 2.42. The Kier molecular flexibility index (Phi) is 5.79. The molecule has 0 spiro atoms. The van der Waals surface area contributed by atoms with Crippen LogP contribution in [0.2, 0.25) is 0 Å². The van der Waals surface area contributed by atoms with Crippen LogP contribution in [0.25, 0.3) is 0 Å². The molecule has 2 aromatic carbocycles. The number of ketones is 1. The van der Waals surface area contributed by atoms with Crippen LogP contribution in [-0.2, 0) is 0 Å². The van der Waals surface area contributed by atoms with Crippen LogP contribution < -0.4 is 14.9 Å². The highest BCUT2D eigenvalue weighted by molar-refractivity contribution is 6.51. The molecule has 0 saturated carbocycles. The number of hydrogen-bond acceptors (Lipinski definition) is 6. The molecule has 136 valence electrons. The number of hydrazone groups is 1. The van der Waals surface area contributed by atoms with Gasteiger partial charge in [-0.1, -0.05) is 6.07 Å². The first kappa shape index (κ1) is 18.1. The highest BCUT2D eigenvalue weighted by Gasteiger charge is 2.17. The van der Waals surface area contributed by atoms with Crippen molar-refractivity contribution in [3.63, 3.8) is 0 Å². The van der Waals surface area contributed by atoms with E-state index >= 15 is 0 Å². The second-order valence-electron chi connectivity index (χ2n) is 5.57. The molecular formula is C21H19N3O3. The molecule has 1 heterocycles. The van der Waals surface area contributed by atoms with Gasteiger partial charge in [0.25, 0.3) is 0 Å². The third kappa shape index (κ3) is 4.49. The minimum Gasteiger partial charge on any atom is -0.497 e. The lowest BCUT2D eigenvalue weighted by atomic mass is 10.0. The molecule has 0 aliphatic heterocycles. The molecule has 0 radical (unpaired) electrons. The average Bonchev–Trinajstić information content (AvgIpc) is 2.75. The maximum absolute atomic E-state index is 13.1. The van der Waals surface area contributed by atoms with Gasteiger partial charge in [-0.05, 0) is 60.7 Å². The fraction of sp³-hybridized carbons (Fsp3) is 0.0952.